The van der Waals surface area contributed by atoms with Gasteiger partial charge in [-0.2, -0.15) is 0 Å². The molecule has 200 valence electrons. The van der Waals surface area contributed by atoms with Gasteiger partial charge in [0.1, 0.15) is 11.7 Å². The molecule has 0 spiro atoms. The number of Topliss-reactive ketones (excluding diaryl/α,β-unsaturated/α-hetero) is 1. The third-order valence-electron chi connectivity index (χ3n) is 9.41. The maximum atomic E-state index is 13.2. The largest absolute Gasteiger partial charge is 0.458 e. The monoisotopic (exact) mass is 504 g/mol. The van der Waals surface area contributed by atoms with E-state index in [-0.39, 0.29) is 25.9 Å². The van der Waals surface area contributed by atoms with Crippen LogP contribution in [0.2, 0.25) is 0 Å². The number of hydrogen-bond donors (Lipinski definition) is 3. The molecule has 0 aliphatic heterocycles. The summed E-state index contributed by atoms with van der Waals surface area (Å²) >= 11 is 0. The number of ketones is 1. The van der Waals surface area contributed by atoms with E-state index in [1.165, 1.54) is 0 Å². The SMILES string of the molecule is CCCC(=O)O[C@@H]1[C@@H](C)[C@@]2(O)[C@@H](C=C(CO)C[C@@]3(O)C(=O)C(C)=C[C@@H]23)C2C(C)(C)[C@@]21OC(=O)CCC. The van der Waals surface area contributed by atoms with Gasteiger partial charge in [0.05, 0.1) is 12.2 Å². The molecular weight excluding hydrogens is 464 g/mol. The summed E-state index contributed by atoms with van der Waals surface area (Å²) in [6.45, 7) is 10.6. The lowest BCUT2D eigenvalue weighted by Gasteiger charge is -2.53. The molecule has 8 heteroatoms. The van der Waals surface area contributed by atoms with Crippen molar-refractivity contribution in [2.75, 3.05) is 6.61 Å². The van der Waals surface area contributed by atoms with Crippen molar-refractivity contribution < 1.29 is 39.2 Å². The topological polar surface area (TPSA) is 130 Å². The number of aliphatic hydroxyl groups is 3. The fourth-order valence-electron chi connectivity index (χ4n) is 7.67. The van der Waals surface area contributed by atoms with E-state index in [1.54, 1.807) is 26.0 Å². The summed E-state index contributed by atoms with van der Waals surface area (Å²) < 4.78 is 12.2. The van der Waals surface area contributed by atoms with Gasteiger partial charge in [-0.05, 0) is 30.9 Å². The van der Waals surface area contributed by atoms with E-state index in [0.29, 0.717) is 24.0 Å². The normalized spacial score (nSPS) is 42.2. The maximum absolute atomic E-state index is 13.2. The van der Waals surface area contributed by atoms with Crippen molar-refractivity contribution >= 4 is 17.7 Å². The van der Waals surface area contributed by atoms with Crippen molar-refractivity contribution in [3.63, 3.8) is 0 Å². The van der Waals surface area contributed by atoms with Gasteiger partial charge < -0.3 is 24.8 Å². The molecule has 8 atom stereocenters. The van der Waals surface area contributed by atoms with Gasteiger partial charge in [0.15, 0.2) is 11.4 Å². The average Bonchev–Trinajstić information content (AvgIpc) is 3.23. The first-order valence-electron chi connectivity index (χ1n) is 13.2. The Balaban J connectivity index is 1.92. The number of carbonyl (C=O) groups excluding carboxylic acids is 3. The van der Waals surface area contributed by atoms with Crippen molar-refractivity contribution in [1.82, 2.24) is 0 Å². The van der Waals surface area contributed by atoms with Crippen LogP contribution in [0.1, 0.15) is 73.6 Å². The lowest BCUT2D eigenvalue weighted by Crippen LogP contribution is -2.66. The molecule has 0 aromatic rings. The fraction of sp³-hybridized carbons (Fsp3) is 0.750. The Labute approximate surface area is 212 Å². The lowest BCUT2D eigenvalue weighted by atomic mass is 9.59. The lowest BCUT2D eigenvalue weighted by molar-refractivity contribution is -0.229. The Morgan fingerprint density at radius 1 is 1.08 bits per heavy atom. The van der Waals surface area contributed by atoms with Crippen molar-refractivity contribution in [1.29, 1.82) is 0 Å². The van der Waals surface area contributed by atoms with Gasteiger partial charge in [-0.15, -0.1) is 0 Å². The molecule has 0 heterocycles. The molecule has 1 unspecified atom stereocenters. The summed E-state index contributed by atoms with van der Waals surface area (Å²) in [4.78, 5) is 38.8. The highest BCUT2D eigenvalue weighted by molar-refractivity contribution is 6.04. The standard InChI is InChI=1S/C28H40O8/c1-7-9-20(30)35-24-16(4)27(34)18(22-25(5,6)28(22,24)36-21(31)10-8-2)12-17(14-29)13-26(33)19(27)11-15(3)23(26)32/h11-12,16,18-19,22,24,29,33-34H,7-10,13-14H2,1-6H3/t16-,18+,19-,22?,24-,26+,27-,28-/m1/s1. The van der Waals surface area contributed by atoms with Crippen LogP contribution < -0.4 is 0 Å². The van der Waals surface area contributed by atoms with Crippen LogP contribution in [0.25, 0.3) is 0 Å². The number of ether oxygens (including phenoxy) is 2. The summed E-state index contributed by atoms with van der Waals surface area (Å²) in [5, 5.41) is 34.5. The molecule has 4 rings (SSSR count). The summed E-state index contributed by atoms with van der Waals surface area (Å²) in [6, 6.07) is 0. The summed E-state index contributed by atoms with van der Waals surface area (Å²) in [6.07, 6.45) is 3.85. The number of esters is 2. The fourth-order valence-corrected chi connectivity index (χ4v) is 7.67. The van der Waals surface area contributed by atoms with Crippen LogP contribution in [-0.2, 0) is 23.9 Å². The van der Waals surface area contributed by atoms with Crippen LogP contribution in [0.15, 0.2) is 23.3 Å². The van der Waals surface area contributed by atoms with Gasteiger partial charge in [0.25, 0.3) is 0 Å². The Morgan fingerprint density at radius 3 is 2.28 bits per heavy atom. The Kier molecular flexibility index (Phi) is 6.59. The zero-order valence-electron chi connectivity index (χ0n) is 22.2. The molecule has 4 aliphatic rings. The van der Waals surface area contributed by atoms with Gasteiger partial charge in [-0.3, -0.25) is 14.4 Å². The van der Waals surface area contributed by atoms with Gasteiger partial charge in [0, 0.05) is 48.3 Å². The molecule has 3 N–H and O–H groups in total. The molecule has 0 aromatic carbocycles. The van der Waals surface area contributed by atoms with Crippen molar-refractivity contribution in [2.24, 2.45) is 29.1 Å². The second kappa shape index (κ2) is 8.77. The molecule has 36 heavy (non-hydrogen) atoms. The third kappa shape index (κ3) is 3.40. The van der Waals surface area contributed by atoms with Crippen LogP contribution in [0.5, 0.6) is 0 Å². The first kappa shape index (κ1) is 27.0. The zero-order valence-corrected chi connectivity index (χ0v) is 22.2. The smallest absolute Gasteiger partial charge is 0.306 e. The molecule has 4 aliphatic carbocycles. The molecule has 0 bridgehead atoms. The number of fused-ring (bicyclic) bond motifs is 5. The summed E-state index contributed by atoms with van der Waals surface area (Å²) in [5.74, 6) is -4.22. The molecule has 2 saturated carbocycles. The van der Waals surface area contributed by atoms with Gasteiger partial charge in [0.2, 0.25) is 0 Å². The zero-order chi connectivity index (χ0) is 26.8. The molecule has 2 fully saturated rings. The van der Waals surface area contributed by atoms with E-state index in [4.69, 9.17) is 9.47 Å². The van der Waals surface area contributed by atoms with Crippen molar-refractivity contribution in [2.45, 2.75) is 96.6 Å². The Bertz CT molecular complexity index is 1030. The Morgan fingerprint density at radius 2 is 1.69 bits per heavy atom. The second-order valence-electron chi connectivity index (χ2n) is 11.8. The summed E-state index contributed by atoms with van der Waals surface area (Å²) in [5.41, 5.74) is -4.69. The summed E-state index contributed by atoms with van der Waals surface area (Å²) in [7, 11) is 0. The van der Waals surface area contributed by atoms with E-state index in [9.17, 15) is 29.7 Å². The van der Waals surface area contributed by atoms with E-state index in [1.807, 2.05) is 27.7 Å². The van der Waals surface area contributed by atoms with Gasteiger partial charge >= 0.3 is 11.9 Å². The van der Waals surface area contributed by atoms with Crippen LogP contribution in [0.4, 0.5) is 0 Å². The first-order chi connectivity index (χ1) is 16.8. The highest BCUT2D eigenvalue weighted by atomic mass is 16.6. The Hall–Kier alpha value is -2.03. The number of hydrogen-bond acceptors (Lipinski definition) is 8. The minimum absolute atomic E-state index is 0.109. The molecule has 0 aromatic heterocycles. The number of aliphatic hydroxyl groups excluding tert-OH is 1. The van der Waals surface area contributed by atoms with Crippen molar-refractivity contribution in [3.05, 3.63) is 23.3 Å². The second-order valence-corrected chi connectivity index (χ2v) is 11.8. The van der Waals surface area contributed by atoms with Crippen molar-refractivity contribution in [3.8, 4) is 0 Å². The van der Waals surface area contributed by atoms with Crippen LogP contribution in [-0.4, -0.2) is 62.6 Å². The highest BCUT2D eigenvalue weighted by Crippen LogP contribution is 2.77. The molecule has 0 saturated heterocycles. The molecule has 0 radical (unpaired) electrons. The van der Waals surface area contributed by atoms with Gasteiger partial charge in [-0.25, -0.2) is 0 Å². The van der Waals surface area contributed by atoms with E-state index < -0.39 is 69.7 Å². The predicted molar refractivity (Wildman–Crippen MR) is 130 cm³/mol. The van der Waals surface area contributed by atoms with E-state index >= 15 is 0 Å². The van der Waals surface area contributed by atoms with Crippen LogP contribution in [0.3, 0.4) is 0 Å². The minimum atomic E-state index is -1.92. The molecule has 8 nitrogen and oxygen atoms in total. The average molecular weight is 505 g/mol. The van der Waals surface area contributed by atoms with E-state index in [2.05, 4.69) is 0 Å². The quantitative estimate of drug-likeness (QED) is 0.356. The maximum Gasteiger partial charge on any atom is 0.306 e. The molecular formula is C28H40O8. The number of rotatable bonds is 7. The van der Waals surface area contributed by atoms with Gasteiger partial charge in [-0.1, -0.05) is 46.8 Å². The van der Waals surface area contributed by atoms with Crippen LogP contribution >= 0.6 is 0 Å². The highest BCUT2D eigenvalue weighted by Gasteiger charge is 2.87. The predicted octanol–water partition coefficient (Wildman–Crippen LogP) is 2.63. The third-order valence-corrected chi connectivity index (χ3v) is 9.41. The first-order valence-corrected chi connectivity index (χ1v) is 13.2. The van der Waals surface area contributed by atoms with E-state index in [0.717, 1.165) is 0 Å². The molecule has 0 amide bonds. The van der Waals surface area contributed by atoms with Crippen LogP contribution in [0, 0.1) is 29.1 Å². The minimum Gasteiger partial charge on any atom is -0.458 e. The number of carbonyl (C=O) groups is 3.